The zero-order valence-electron chi connectivity index (χ0n) is 11.0. The lowest BCUT2D eigenvalue weighted by Gasteiger charge is -2.31. The van der Waals surface area contributed by atoms with E-state index in [1.807, 2.05) is 12.2 Å². The normalized spacial score (nSPS) is 18.7. The Balaban J connectivity index is 3.07. The Hall–Kier alpha value is -0.700. The summed E-state index contributed by atoms with van der Waals surface area (Å²) in [5.41, 5.74) is 1.32. The number of rotatable bonds is 3. The zero-order chi connectivity index (χ0) is 11.7. The molecule has 0 saturated heterocycles. The van der Waals surface area contributed by atoms with Crippen LogP contribution >= 0.6 is 0 Å². The summed E-state index contributed by atoms with van der Waals surface area (Å²) in [6.45, 7) is 13.2. The molecule has 0 atom stereocenters. The van der Waals surface area contributed by atoms with E-state index in [0.29, 0.717) is 17.9 Å². The van der Waals surface area contributed by atoms with Crippen LogP contribution in [0, 0.1) is 11.8 Å². The lowest BCUT2D eigenvalue weighted by Crippen LogP contribution is -2.39. The Morgan fingerprint density at radius 2 is 1.47 bits per heavy atom. The van der Waals surface area contributed by atoms with Gasteiger partial charge in [-0.15, -0.1) is 0 Å². The first-order chi connectivity index (χ1) is 6.86. The Morgan fingerprint density at radius 1 is 0.933 bits per heavy atom. The average molecular weight is 212 g/mol. The van der Waals surface area contributed by atoms with E-state index in [1.165, 1.54) is 5.70 Å². The van der Waals surface area contributed by atoms with Crippen LogP contribution in [0.4, 0.5) is 0 Å². The summed E-state index contributed by atoms with van der Waals surface area (Å²) in [4.78, 5) is 5.81. The first-order valence-electron chi connectivity index (χ1n) is 5.81. The summed E-state index contributed by atoms with van der Waals surface area (Å²) in [6, 6.07) is 0.434. The molecule has 0 unspecified atom stereocenters. The highest BCUT2D eigenvalue weighted by Crippen LogP contribution is 2.34. The maximum absolute atomic E-state index is 5.81. The van der Waals surface area contributed by atoms with Crippen molar-refractivity contribution >= 4 is 0 Å². The molecule has 1 aliphatic heterocycles. The van der Waals surface area contributed by atoms with E-state index in [1.54, 1.807) is 0 Å². The van der Waals surface area contributed by atoms with Crippen molar-refractivity contribution in [3.05, 3.63) is 11.5 Å². The van der Waals surface area contributed by atoms with E-state index in [-0.39, 0.29) is 0 Å². The molecule has 0 aromatic rings. The van der Waals surface area contributed by atoms with Gasteiger partial charge < -0.3 is 4.84 Å². The quantitative estimate of drug-likeness (QED) is 0.715. The molecule has 1 rings (SSSR count). The smallest absolute Gasteiger partial charge is 0.150 e. The van der Waals surface area contributed by atoms with E-state index in [4.69, 9.17) is 4.84 Å². The van der Waals surface area contributed by atoms with Gasteiger partial charge in [-0.3, -0.25) is 5.01 Å². The van der Waals surface area contributed by atoms with Crippen molar-refractivity contribution in [1.29, 1.82) is 0 Å². The predicted molar refractivity (Wildman–Crippen MR) is 62.5 cm³/mol. The molecular formula is C12H24N2O. The number of nitrogens with zero attached hydrogens (tertiary/aromatic N) is 2. The van der Waals surface area contributed by atoms with E-state index < -0.39 is 0 Å². The van der Waals surface area contributed by atoms with Gasteiger partial charge in [0.1, 0.15) is 5.76 Å². The van der Waals surface area contributed by atoms with Crippen LogP contribution < -0.4 is 0 Å². The number of hydrogen-bond acceptors (Lipinski definition) is 3. The molecule has 1 heterocycles. The zero-order valence-corrected chi connectivity index (χ0v) is 11.0. The van der Waals surface area contributed by atoms with Gasteiger partial charge in [-0.1, -0.05) is 32.9 Å². The van der Waals surface area contributed by atoms with Gasteiger partial charge in [-0.05, 0) is 19.8 Å². The highest BCUT2D eigenvalue weighted by molar-refractivity contribution is 5.14. The summed E-state index contributed by atoms with van der Waals surface area (Å²) in [5.74, 6) is 2.05. The third kappa shape index (κ3) is 2.28. The summed E-state index contributed by atoms with van der Waals surface area (Å²) in [5, 5.41) is 4.09. The van der Waals surface area contributed by atoms with Crippen molar-refractivity contribution in [3.63, 3.8) is 0 Å². The molecular weight excluding hydrogens is 188 g/mol. The van der Waals surface area contributed by atoms with E-state index >= 15 is 0 Å². The van der Waals surface area contributed by atoms with Crippen LogP contribution in [0.15, 0.2) is 11.5 Å². The molecule has 88 valence electrons. The van der Waals surface area contributed by atoms with Crippen LogP contribution in [-0.2, 0) is 4.84 Å². The third-order valence-electron chi connectivity index (χ3n) is 2.59. The molecule has 0 radical (unpaired) electrons. The van der Waals surface area contributed by atoms with Gasteiger partial charge in [-0.25, -0.2) is 0 Å². The van der Waals surface area contributed by atoms with Crippen molar-refractivity contribution in [2.45, 2.75) is 47.6 Å². The van der Waals surface area contributed by atoms with Crippen molar-refractivity contribution in [1.82, 2.24) is 10.2 Å². The fourth-order valence-corrected chi connectivity index (χ4v) is 2.05. The predicted octanol–water partition coefficient (Wildman–Crippen LogP) is 3.01. The van der Waals surface area contributed by atoms with Crippen LogP contribution in [0.2, 0.25) is 0 Å². The number of hydroxylamine groups is 1. The van der Waals surface area contributed by atoms with Gasteiger partial charge in [-0.2, -0.15) is 0 Å². The topological polar surface area (TPSA) is 15.7 Å². The molecule has 0 N–H and O–H groups in total. The molecule has 0 aromatic heterocycles. The highest BCUT2D eigenvalue weighted by Gasteiger charge is 2.34. The van der Waals surface area contributed by atoms with Gasteiger partial charge in [0, 0.05) is 19.0 Å². The SMILES string of the molecule is CC(C)C1=C(C(C)C)N(C(C)C)N(C)O1. The minimum absolute atomic E-state index is 0.434. The lowest BCUT2D eigenvalue weighted by atomic mass is 10.0. The van der Waals surface area contributed by atoms with Crippen LogP contribution in [0.3, 0.4) is 0 Å². The Labute approximate surface area is 93.6 Å². The van der Waals surface area contributed by atoms with Crippen molar-refractivity contribution in [3.8, 4) is 0 Å². The summed E-state index contributed by atoms with van der Waals surface area (Å²) >= 11 is 0. The first kappa shape index (κ1) is 12.4. The monoisotopic (exact) mass is 212 g/mol. The third-order valence-corrected chi connectivity index (χ3v) is 2.59. The van der Waals surface area contributed by atoms with Crippen molar-refractivity contribution in [2.75, 3.05) is 7.05 Å². The van der Waals surface area contributed by atoms with E-state index in [0.717, 1.165) is 5.76 Å². The molecule has 0 saturated carbocycles. The van der Waals surface area contributed by atoms with E-state index in [9.17, 15) is 0 Å². The molecule has 15 heavy (non-hydrogen) atoms. The van der Waals surface area contributed by atoms with Gasteiger partial charge in [0.25, 0.3) is 0 Å². The van der Waals surface area contributed by atoms with Gasteiger partial charge in [0.15, 0.2) is 0 Å². The molecule has 3 heteroatoms. The highest BCUT2D eigenvalue weighted by atomic mass is 16.7. The van der Waals surface area contributed by atoms with Crippen molar-refractivity contribution in [2.24, 2.45) is 11.8 Å². The van der Waals surface area contributed by atoms with Gasteiger partial charge >= 0.3 is 0 Å². The minimum Gasteiger partial charge on any atom is -0.389 e. The first-order valence-corrected chi connectivity index (χ1v) is 5.81. The Bertz CT molecular complexity index is 256. The van der Waals surface area contributed by atoms with Crippen LogP contribution in [-0.4, -0.2) is 23.3 Å². The molecule has 3 nitrogen and oxygen atoms in total. The largest absolute Gasteiger partial charge is 0.389 e. The molecule has 0 amide bonds. The second-order valence-corrected chi connectivity index (χ2v) is 5.05. The maximum Gasteiger partial charge on any atom is 0.150 e. The fraction of sp³-hybridized carbons (Fsp3) is 0.833. The second kappa shape index (κ2) is 4.44. The Kier molecular flexibility index (Phi) is 3.66. The van der Waals surface area contributed by atoms with E-state index in [2.05, 4.69) is 46.6 Å². The van der Waals surface area contributed by atoms with Crippen LogP contribution in [0.25, 0.3) is 0 Å². The molecule has 0 bridgehead atoms. The summed E-state index contributed by atoms with van der Waals surface area (Å²) in [7, 11) is 1.97. The number of hydrazine groups is 1. The standard InChI is InChI=1S/C12H24N2O/c1-8(2)11-12(9(3)4)15-13(7)14(11)10(5)6/h8-10H,1-7H3. The molecule has 1 aliphatic rings. The van der Waals surface area contributed by atoms with Gasteiger partial charge in [0.2, 0.25) is 0 Å². The number of allylic oxidation sites excluding steroid dienone is 2. The van der Waals surface area contributed by atoms with Crippen molar-refractivity contribution < 1.29 is 4.84 Å². The molecule has 0 spiro atoms. The average Bonchev–Trinajstić information content (AvgIpc) is 2.42. The number of hydrogen-bond donors (Lipinski definition) is 0. The van der Waals surface area contributed by atoms with Crippen LogP contribution in [0.5, 0.6) is 0 Å². The van der Waals surface area contributed by atoms with Crippen LogP contribution in [0.1, 0.15) is 41.5 Å². The fourth-order valence-electron chi connectivity index (χ4n) is 2.05. The molecule has 0 aliphatic carbocycles. The molecule has 0 fully saturated rings. The summed E-state index contributed by atoms with van der Waals surface area (Å²) in [6.07, 6.45) is 0. The molecule has 0 aromatic carbocycles. The lowest BCUT2D eigenvalue weighted by molar-refractivity contribution is -0.210. The second-order valence-electron chi connectivity index (χ2n) is 5.05. The summed E-state index contributed by atoms with van der Waals surface area (Å²) < 4.78 is 0. The Morgan fingerprint density at radius 3 is 1.80 bits per heavy atom. The minimum atomic E-state index is 0.434. The van der Waals surface area contributed by atoms with Gasteiger partial charge in [0.05, 0.1) is 5.70 Å². The maximum atomic E-state index is 5.81.